The van der Waals surface area contributed by atoms with E-state index in [-0.39, 0.29) is 12.3 Å². The molecule has 0 aliphatic rings. The summed E-state index contributed by atoms with van der Waals surface area (Å²) in [5.41, 5.74) is 3.27. The van der Waals surface area contributed by atoms with E-state index in [1.165, 1.54) is 0 Å². The number of rotatable bonds is 8. The fourth-order valence-corrected chi connectivity index (χ4v) is 2.56. The lowest BCUT2D eigenvalue weighted by Gasteiger charge is -2.13. The molecule has 0 saturated heterocycles. The van der Waals surface area contributed by atoms with Crippen LogP contribution in [0.1, 0.15) is 30.4 Å². The second-order valence-corrected chi connectivity index (χ2v) is 5.69. The van der Waals surface area contributed by atoms with E-state index in [2.05, 4.69) is 22.9 Å². The number of aliphatic carboxylic acids is 1. The van der Waals surface area contributed by atoms with Crippen LogP contribution in [0.4, 0.5) is 0 Å². The first-order chi connectivity index (χ1) is 11.0. The summed E-state index contributed by atoms with van der Waals surface area (Å²) in [6.07, 6.45) is 5.30. The largest absolute Gasteiger partial charge is 0.480 e. The van der Waals surface area contributed by atoms with Crippen LogP contribution in [-0.2, 0) is 16.0 Å². The van der Waals surface area contributed by atoms with Gasteiger partial charge >= 0.3 is 5.97 Å². The summed E-state index contributed by atoms with van der Waals surface area (Å²) in [7, 11) is 0. The van der Waals surface area contributed by atoms with Gasteiger partial charge in [-0.2, -0.15) is 0 Å². The highest BCUT2D eigenvalue weighted by Gasteiger charge is 2.19. The molecule has 5 nitrogen and oxygen atoms in total. The van der Waals surface area contributed by atoms with Crippen LogP contribution < -0.4 is 5.32 Å². The molecule has 0 fully saturated rings. The van der Waals surface area contributed by atoms with Crippen LogP contribution in [-0.4, -0.2) is 28.0 Å². The Kier molecular flexibility index (Phi) is 5.57. The number of carbonyl (C=O) groups is 2. The van der Waals surface area contributed by atoms with Crippen LogP contribution in [0.2, 0.25) is 0 Å². The van der Waals surface area contributed by atoms with Crippen LogP contribution in [0.15, 0.2) is 37.1 Å². The first-order valence-electron chi connectivity index (χ1n) is 7.71. The number of fused-ring (bicyclic) bond motifs is 1. The van der Waals surface area contributed by atoms with Crippen molar-refractivity contribution in [3.8, 4) is 0 Å². The van der Waals surface area contributed by atoms with Crippen molar-refractivity contribution in [1.82, 2.24) is 10.3 Å². The molecule has 0 spiro atoms. The van der Waals surface area contributed by atoms with Gasteiger partial charge in [-0.15, -0.1) is 6.58 Å². The van der Waals surface area contributed by atoms with Crippen LogP contribution in [0.5, 0.6) is 0 Å². The van der Waals surface area contributed by atoms with Gasteiger partial charge in [0.1, 0.15) is 6.04 Å². The maximum absolute atomic E-state index is 12.0. The Bertz CT molecular complexity index is 718. The first kappa shape index (κ1) is 16.8. The molecule has 5 heteroatoms. The fraction of sp³-hybridized carbons (Fsp3) is 0.333. The number of hydrogen-bond donors (Lipinski definition) is 3. The number of nitrogens with one attached hydrogen (secondary N) is 2. The Labute approximate surface area is 135 Å². The van der Waals surface area contributed by atoms with Crippen molar-refractivity contribution >= 4 is 22.8 Å². The van der Waals surface area contributed by atoms with Gasteiger partial charge in [-0.3, -0.25) is 4.79 Å². The van der Waals surface area contributed by atoms with Gasteiger partial charge in [0, 0.05) is 23.5 Å². The lowest BCUT2D eigenvalue weighted by atomic mass is 10.1. The number of aryl methyl sites for hydroxylation is 2. The Morgan fingerprint density at radius 3 is 2.91 bits per heavy atom. The number of benzene rings is 1. The Morgan fingerprint density at radius 1 is 1.43 bits per heavy atom. The molecule has 3 N–H and O–H groups in total. The van der Waals surface area contributed by atoms with E-state index >= 15 is 0 Å². The standard InChI is InChI=1S/C18H22N2O3/c1-3-4-5-16(18(22)23)20-17(21)9-7-13-11-19-15-8-6-12(2)10-14(13)15/h3,6,8,10-11,16,19H,1,4-5,7,9H2,2H3,(H,20,21)(H,22,23). The third-order valence-corrected chi connectivity index (χ3v) is 3.84. The minimum atomic E-state index is -1.01. The van der Waals surface area contributed by atoms with Crippen molar-refractivity contribution in [2.24, 2.45) is 0 Å². The lowest BCUT2D eigenvalue weighted by molar-refractivity contribution is -0.142. The van der Waals surface area contributed by atoms with Gasteiger partial charge in [0.05, 0.1) is 0 Å². The van der Waals surface area contributed by atoms with E-state index in [4.69, 9.17) is 5.11 Å². The van der Waals surface area contributed by atoms with Crippen molar-refractivity contribution in [2.75, 3.05) is 0 Å². The van der Waals surface area contributed by atoms with E-state index in [9.17, 15) is 9.59 Å². The zero-order valence-electron chi connectivity index (χ0n) is 13.3. The molecule has 0 radical (unpaired) electrons. The predicted molar refractivity (Wildman–Crippen MR) is 90.4 cm³/mol. The monoisotopic (exact) mass is 314 g/mol. The summed E-state index contributed by atoms with van der Waals surface area (Å²) in [5.74, 6) is -1.26. The number of amides is 1. The molecule has 0 saturated carbocycles. The smallest absolute Gasteiger partial charge is 0.326 e. The lowest BCUT2D eigenvalue weighted by Crippen LogP contribution is -2.40. The first-order valence-corrected chi connectivity index (χ1v) is 7.71. The van der Waals surface area contributed by atoms with Crippen LogP contribution in [0.3, 0.4) is 0 Å². The molecular weight excluding hydrogens is 292 g/mol. The van der Waals surface area contributed by atoms with Crippen LogP contribution in [0, 0.1) is 6.92 Å². The number of hydrogen-bond acceptors (Lipinski definition) is 2. The normalized spacial score (nSPS) is 12.0. The average Bonchev–Trinajstić information content (AvgIpc) is 2.91. The van der Waals surface area contributed by atoms with Crippen molar-refractivity contribution in [2.45, 2.75) is 38.6 Å². The highest BCUT2D eigenvalue weighted by molar-refractivity contribution is 5.86. The zero-order chi connectivity index (χ0) is 16.8. The van der Waals surface area contributed by atoms with E-state index in [0.717, 1.165) is 22.0 Å². The number of H-pyrrole nitrogens is 1. The molecule has 1 aromatic carbocycles. The highest BCUT2D eigenvalue weighted by Crippen LogP contribution is 2.20. The van der Waals surface area contributed by atoms with E-state index < -0.39 is 12.0 Å². The van der Waals surface area contributed by atoms with Gasteiger partial charge in [-0.1, -0.05) is 17.7 Å². The van der Waals surface area contributed by atoms with Gasteiger partial charge < -0.3 is 15.4 Å². The van der Waals surface area contributed by atoms with E-state index in [1.54, 1.807) is 6.08 Å². The molecule has 0 bridgehead atoms. The van der Waals surface area contributed by atoms with Gasteiger partial charge in [-0.05, 0) is 43.9 Å². The number of aromatic amines is 1. The molecule has 1 heterocycles. The molecule has 2 aromatic rings. The second kappa shape index (κ2) is 7.63. The highest BCUT2D eigenvalue weighted by atomic mass is 16.4. The third kappa shape index (κ3) is 4.45. The quantitative estimate of drug-likeness (QED) is 0.655. The van der Waals surface area contributed by atoms with Gasteiger partial charge in [0.15, 0.2) is 0 Å². The topological polar surface area (TPSA) is 82.2 Å². The number of carboxylic acid groups (broad SMARTS) is 1. The predicted octanol–water partition coefficient (Wildman–Crippen LogP) is 2.94. The Hall–Kier alpha value is -2.56. The van der Waals surface area contributed by atoms with Gasteiger partial charge in [0.2, 0.25) is 5.91 Å². The van der Waals surface area contributed by atoms with E-state index in [0.29, 0.717) is 19.3 Å². The van der Waals surface area contributed by atoms with Gasteiger partial charge in [0.25, 0.3) is 0 Å². The summed E-state index contributed by atoms with van der Waals surface area (Å²) in [4.78, 5) is 26.3. The third-order valence-electron chi connectivity index (χ3n) is 3.84. The molecule has 0 aliphatic carbocycles. The minimum absolute atomic E-state index is 0.247. The maximum atomic E-state index is 12.0. The number of carbonyl (C=O) groups excluding carboxylic acids is 1. The molecule has 0 aliphatic heterocycles. The summed E-state index contributed by atoms with van der Waals surface area (Å²) >= 11 is 0. The minimum Gasteiger partial charge on any atom is -0.480 e. The molecule has 1 amide bonds. The zero-order valence-corrected chi connectivity index (χ0v) is 13.3. The molecule has 1 aromatic heterocycles. The fourth-order valence-electron chi connectivity index (χ4n) is 2.56. The van der Waals surface area contributed by atoms with Crippen molar-refractivity contribution in [1.29, 1.82) is 0 Å². The summed E-state index contributed by atoms with van der Waals surface area (Å²) in [6, 6.07) is 5.28. The Morgan fingerprint density at radius 2 is 2.22 bits per heavy atom. The maximum Gasteiger partial charge on any atom is 0.326 e. The number of allylic oxidation sites excluding steroid dienone is 1. The van der Waals surface area contributed by atoms with Crippen molar-refractivity contribution in [3.05, 3.63) is 48.2 Å². The van der Waals surface area contributed by atoms with E-state index in [1.807, 2.05) is 25.3 Å². The summed E-state index contributed by atoms with van der Waals surface area (Å²) < 4.78 is 0. The molecule has 23 heavy (non-hydrogen) atoms. The molecule has 122 valence electrons. The van der Waals surface area contributed by atoms with Crippen LogP contribution >= 0.6 is 0 Å². The average molecular weight is 314 g/mol. The number of aromatic nitrogens is 1. The number of carboxylic acids is 1. The molecule has 2 rings (SSSR count). The van der Waals surface area contributed by atoms with Crippen molar-refractivity contribution in [3.63, 3.8) is 0 Å². The summed E-state index contributed by atoms with van der Waals surface area (Å²) in [5, 5.41) is 12.8. The molecule has 1 atom stereocenters. The summed E-state index contributed by atoms with van der Waals surface area (Å²) in [6.45, 7) is 5.60. The Balaban J connectivity index is 1.96. The van der Waals surface area contributed by atoms with Crippen molar-refractivity contribution < 1.29 is 14.7 Å². The molecule has 1 unspecified atom stereocenters. The van der Waals surface area contributed by atoms with Crippen LogP contribution in [0.25, 0.3) is 10.9 Å². The second-order valence-electron chi connectivity index (χ2n) is 5.69. The molecular formula is C18H22N2O3. The SMILES string of the molecule is C=CCCC(NC(=O)CCc1c[nH]c2ccc(C)cc12)C(=O)O. The van der Waals surface area contributed by atoms with Gasteiger partial charge in [-0.25, -0.2) is 4.79 Å².